The first-order chi connectivity index (χ1) is 8.86. The third-order valence-electron chi connectivity index (χ3n) is 3.07. The van der Waals surface area contributed by atoms with E-state index in [0.29, 0.717) is 13.2 Å². The molecule has 0 aliphatic carbocycles. The molecule has 0 radical (unpaired) electrons. The van der Waals surface area contributed by atoms with Crippen LogP contribution >= 0.6 is 0 Å². The number of hydrogen-bond donors (Lipinski definition) is 1. The molecule has 19 heavy (non-hydrogen) atoms. The molecule has 0 aromatic rings. The topological polar surface area (TPSA) is 64.8 Å². The Balaban J connectivity index is 2.48. The minimum atomic E-state index is -4.30. The maximum absolute atomic E-state index is 12.6. The van der Waals surface area contributed by atoms with Crippen molar-refractivity contribution in [1.29, 1.82) is 0 Å². The lowest BCUT2D eigenvalue weighted by atomic mass is 10.1. The molecule has 1 saturated heterocycles. The van der Waals surface area contributed by atoms with Crippen LogP contribution in [0.1, 0.15) is 6.42 Å². The molecule has 2 N–H and O–H groups in total. The number of carbonyl (C=O) groups excluding carboxylic acids is 1. The molecule has 0 amide bonds. The fourth-order valence-corrected chi connectivity index (χ4v) is 1.96. The van der Waals surface area contributed by atoms with Crippen LogP contribution in [0.2, 0.25) is 0 Å². The summed E-state index contributed by atoms with van der Waals surface area (Å²) < 4.78 is 47.7. The zero-order valence-electron chi connectivity index (χ0n) is 10.8. The lowest BCUT2D eigenvalue weighted by Crippen LogP contribution is -2.48. The number of alkyl halides is 3. The van der Waals surface area contributed by atoms with Gasteiger partial charge in [-0.2, -0.15) is 13.2 Å². The highest BCUT2D eigenvalue weighted by Gasteiger charge is 2.40. The summed E-state index contributed by atoms with van der Waals surface area (Å²) in [5.41, 5.74) is 5.16. The Labute approximate surface area is 109 Å². The fourth-order valence-electron chi connectivity index (χ4n) is 1.96. The lowest BCUT2D eigenvalue weighted by molar-refractivity contribution is -0.180. The molecule has 0 aromatic carbocycles. The summed E-state index contributed by atoms with van der Waals surface area (Å²) in [5, 5.41) is 0. The number of nitrogens with zero attached hydrogens (tertiary/aromatic N) is 1. The third-order valence-corrected chi connectivity index (χ3v) is 3.07. The average Bonchev–Trinajstić information content (AvgIpc) is 2.34. The van der Waals surface area contributed by atoms with Crippen molar-refractivity contribution in [3.8, 4) is 0 Å². The van der Waals surface area contributed by atoms with Crippen molar-refractivity contribution in [1.82, 2.24) is 4.90 Å². The first-order valence-corrected chi connectivity index (χ1v) is 6.04. The predicted molar refractivity (Wildman–Crippen MR) is 61.4 cm³/mol. The van der Waals surface area contributed by atoms with Gasteiger partial charge in [-0.15, -0.1) is 0 Å². The molecule has 1 aliphatic heterocycles. The molecule has 1 fully saturated rings. The molecule has 1 rings (SSSR count). The van der Waals surface area contributed by atoms with Gasteiger partial charge in [-0.25, -0.2) is 0 Å². The monoisotopic (exact) mass is 284 g/mol. The molecule has 0 saturated carbocycles. The highest BCUT2D eigenvalue weighted by Crippen LogP contribution is 2.26. The van der Waals surface area contributed by atoms with Crippen molar-refractivity contribution in [2.45, 2.75) is 18.7 Å². The Hall–Kier alpha value is -0.860. The van der Waals surface area contributed by atoms with Gasteiger partial charge in [0, 0.05) is 26.2 Å². The van der Waals surface area contributed by atoms with Crippen LogP contribution in [0.15, 0.2) is 0 Å². The van der Waals surface area contributed by atoms with Crippen molar-refractivity contribution in [2.75, 3.05) is 39.9 Å². The van der Waals surface area contributed by atoms with Gasteiger partial charge in [0.15, 0.2) is 0 Å². The smallest absolute Gasteiger partial charge is 0.394 e. The number of rotatable bonds is 5. The lowest BCUT2D eigenvalue weighted by Gasteiger charge is -2.34. The summed E-state index contributed by atoms with van der Waals surface area (Å²) >= 11 is 0. The van der Waals surface area contributed by atoms with Crippen LogP contribution in [-0.4, -0.2) is 63.0 Å². The Morgan fingerprint density at radius 2 is 2.26 bits per heavy atom. The van der Waals surface area contributed by atoms with Crippen LogP contribution < -0.4 is 5.73 Å². The number of esters is 1. The summed E-state index contributed by atoms with van der Waals surface area (Å²) in [4.78, 5) is 12.7. The van der Waals surface area contributed by atoms with Crippen LogP contribution in [0.4, 0.5) is 13.2 Å². The Morgan fingerprint density at radius 1 is 1.58 bits per heavy atom. The van der Waals surface area contributed by atoms with Crippen molar-refractivity contribution in [3.63, 3.8) is 0 Å². The van der Waals surface area contributed by atoms with E-state index < -0.39 is 30.7 Å². The van der Waals surface area contributed by atoms with E-state index in [1.807, 2.05) is 0 Å². The molecular weight excluding hydrogens is 265 g/mol. The number of hydrogen-bond acceptors (Lipinski definition) is 5. The normalized spacial score (nSPS) is 23.1. The fraction of sp³-hybridized carbons (Fsp3) is 0.909. The largest absolute Gasteiger partial charge is 0.469 e. The second-order valence-corrected chi connectivity index (χ2v) is 4.51. The predicted octanol–water partition coefficient (Wildman–Crippen LogP) is 0.388. The molecule has 0 spiro atoms. The number of morpholine rings is 1. The Kier molecular flexibility index (Phi) is 6.02. The molecule has 1 heterocycles. The highest BCUT2D eigenvalue weighted by atomic mass is 19.4. The molecule has 8 heteroatoms. The van der Waals surface area contributed by atoms with Gasteiger partial charge in [0.1, 0.15) is 0 Å². The van der Waals surface area contributed by atoms with Crippen LogP contribution in [0.5, 0.6) is 0 Å². The first-order valence-electron chi connectivity index (χ1n) is 6.04. The van der Waals surface area contributed by atoms with Crippen LogP contribution in [-0.2, 0) is 14.3 Å². The zero-order valence-corrected chi connectivity index (χ0v) is 10.8. The molecule has 0 bridgehead atoms. The Morgan fingerprint density at radius 3 is 2.79 bits per heavy atom. The standard InChI is InChI=1S/C11H19F3N2O3/c1-18-10(17)4-9-7-16(2-3-19-9)6-8(5-15)11(12,13)14/h8-9H,2-7,15H2,1H3. The zero-order chi connectivity index (χ0) is 14.5. The number of methoxy groups -OCH3 is 1. The summed E-state index contributed by atoms with van der Waals surface area (Å²) in [6.07, 6.45) is -4.68. The van der Waals surface area contributed by atoms with Crippen molar-refractivity contribution in [2.24, 2.45) is 11.7 Å². The van der Waals surface area contributed by atoms with Gasteiger partial charge in [-0.05, 0) is 0 Å². The highest BCUT2D eigenvalue weighted by molar-refractivity contribution is 5.69. The van der Waals surface area contributed by atoms with E-state index in [0.717, 1.165) is 0 Å². The van der Waals surface area contributed by atoms with Crippen molar-refractivity contribution < 1.29 is 27.4 Å². The Bertz CT molecular complexity index is 299. The molecule has 2 unspecified atom stereocenters. The van der Waals surface area contributed by atoms with Crippen LogP contribution in [0, 0.1) is 5.92 Å². The van der Waals surface area contributed by atoms with E-state index in [2.05, 4.69) is 4.74 Å². The van der Waals surface area contributed by atoms with Crippen molar-refractivity contribution >= 4 is 5.97 Å². The molecular formula is C11H19F3N2O3. The maximum Gasteiger partial charge on any atom is 0.394 e. The van der Waals surface area contributed by atoms with Crippen LogP contribution in [0.25, 0.3) is 0 Å². The van der Waals surface area contributed by atoms with Gasteiger partial charge in [0.2, 0.25) is 0 Å². The quantitative estimate of drug-likeness (QED) is 0.740. The second kappa shape index (κ2) is 7.06. The molecule has 5 nitrogen and oxygen atoms in total. The SMILES string of the molecule is COC(=O)CC1CN(CC(CN)C(F)(F)F)CCO1. The van der Waals surface area contributed by atoms with Gasteiger partial charge in [-0.3, -0.25) is 9.69 Å². The second-order valence-electron chi connectivity index (χ2n) is 4.51. The third kappa shape index (κ3) is 5.33. The number of carbonyl (C=O) groups is 1. The molecule has 2 atom stereocenters. The average molecular weight is 284 g/mol. The number of ether oxygens (including phenoxy) is 2. The van der Waals surface area contributed by atoms with Gasteiger partial charge in [-0.1, -0.05) is 0 Å². The number of nitrogens with two attached hydrogens (primary N) is 1. The molecule has 1 aliphatic rings. The van der Waals surface area contributed by atoms with Gasteiger partial charge >= 0.3 is 12.1 Å². The first kappa shape index (κ1) is 16.2. The van der Waals surface area contributed by atoms with Gasteiger partial charge in [0.25, 0.3) is 0 Å². The van der Waals surface area contributed by atoms with E-state index in [-0.39, 0.29) is 19.5 Å². The summed E-state index contributed by atoms with van der Waals surface area (Å²) in [6, 6.07) is 0. The molecule has 0 aromatic heterocycles. The van der Waals surface area contributed by atoms with Gasteiger partial charge in [0.05, 0.1) is 32.2 Å². The summed E-state index contributed by atoms with van der Waals surface area (Å²) in [7, 11) is 1.26. The minimum Gasteiger partial charge on any atom is -0.469 e. The molecule has 112 valence electrons. The number of halogens is 3. The van der Waals surface area contributed by atoms with E-state index >= 15 is 0 Å². The van der Waals surface area contributed by atoms with Crippen LogP contribution in [0.3, 0.4) is 0 Å². The van der Waals surface area contributed by atoms with E-state index in [4.69, 9.17) is 10.5 Å². The van der Waals surface area contributed by atoms with Gasteiger partial charge < -0.3 is 15.2 Å². The summed E-state index contributed by atoms with van der Waals surface area (Å²) in [5.74, 6) is -1.98. The summed E-state index contributed by atoms with van der Waals surface area (Å²) in [6.45, 7) is 0.381. The van der Waals surface area contributed by atoms with E-state index in [1.165, 1.54) is 7.11 Å². The maximum atomic E-state index is 12.6. The van der Waals surface area contributed by atoms with Crippen molar-refractivity contribution in [3.05, 3.63) is 0 Å². The van der Waals surface area contributed by atoms with E-state index in [1.54, 1.807) is 4.90 Å². The minimum absolute atomic E-state index is 0.0479. The van der Waals surface area contributed by atoms with E-state index in [9.17, 15) is 18.0 Å².